The zero-order chi connectivity index (χ0) is 9.54. The molecule has 4 heteroatoms. The van der Waals surface area contributed by atoms with Gasteiger partial charge in [0.15, 0.2) is 0 Å². The highest BCUT2D eigenvalue weighted by atomic mass is 16.5. The van der Waals surface area contributed by atoms with Crippen LogP contribution in [0.5, 0.6) is 0 Å². The second-order valence-electron chi connectivity index (χ2n) is 3.12. The van der Waals surface area contributed by atoms with E-state index in [9.17, 15) is 0 Å². The fraction of sp³-hybridized carbons (Fsp3) is 0. The molecule has 0 saturated heterocycles. The first kappa shape index (κ1) is 7.32. The Kier molecular flexibility index (Phi) is 1.28. The quantitative estimate of drug-likeness (QED) is 0.543. The molecule has 1 aromatic carbocycles. The molecule has 2 aliphatic rings. The van der Waals surface area contributed by atoms with Gasteiger partial charge in [0.1, 0.15) is 17.7 Å². The third kappa shape index (κ3) is 0.877. The molecular weight excluding hydrogens is 178 g/mol. The Labute approximate surface area is 79.8 Å². The van der Waals surface area contributed by atoms with E-state index in [0.717, 1.165) is 21.3 Å². The second kappa shape index (κ2) is 2.45. The summed E-state index contributed by atoms with van der Waals surface area (Å²) in [6.45, 7) is 0. The Morgan fingerprint density at radius 2 is 2.07 bits per heavy atom. The van der Waals surface area contributed by atoms with Crippen molar-refractivity contribution in [3.05, 3.63) is 36.8 Å². The number of para-hydroxylation sites is 1. The van der Waals surface area contributed by atoms with Crippen LogP contribution in [0.4, 0.5) is 0 Å². The summed E-state index contributed by atoms with van der Waals surface area (Å²) in [5.74, 6) is 0. The van der Waals surface area contributed by atoms with E-state index in [1.807, 2.05) is 24.3 Å². The van der Waals surface area contributed by atoms with E-state index in [0.29, 0.717) is 5.69 Å². The summed E-state index contributed by atoms with van der Waals surface area (Å²) in [7, 11) is 0. The third-order valence-corrected chi connectivity index (χ3v) is 2.20. The number of rotatable bonds is 0. The number of fused-ring (bicyclic) bond motifs is 3. The predicted octanol–water partition coefficient (Wildman–Crippen LogP) is 1.77. The van der Waals surface area contributed by atoms with E-state index in [4.69, 9.17) is 5.21 Å². The van der Waals surface area contributed by atoms with Crippen LogP contribution < -0.4 is 0 Å². The molecule has 0 amide bonds. The number of benzene rings is 1. The molecule has 0 bridgehead atoms. The average molecular weight is 185 g/mol. The van der Waals surface area contributed by atoms with Crippen LogP contribution in [0, 0.1) is 0 Å². The smallest absolute Gasteiger partial charge is 0.132 e. The van der Waals surface area contributed by atoms with Gasteiger partial charge in [-0.05, 0) is 6.07 Å². The monoisotopic (exact) mass is 185 g/mol. The van der Waals surface area contributed by atoms with Crippen molar-refractivity contribution in [2.24, 2.45) is 0 Å². The second-order valence-corrected chi connectivity index (χ2v) is 3.12. The van der Waals surface area contributed by atoms with Gasteiger partial charge in [-0.3, -0.25) is 0 Å². The SMILES string of the molecule is On1cnc2c3ccccc3nc-2c1. The molecule has 0 spiro atoms. The van der Waals surface area contributed by atoms with E-state index in [2.05, 4.69) is 9.97 Å². The van der Waals surface area contributed by atoms with Gasteiger partial charge in [-0.25, -0.2) is 9.97 Å². The molecule has 2 heterocycles. The normalized spacial score (nSPS) is 11.1. The topological polar surface area (TPSA) is 50.9 Å². The summed E-state index contributed by atoms with van der Waals surface area (Å²) in [6.07, 6.45) is 2.90. The van der Waals surface area contributed by atoms with Gasteiger partial charge in [-0.15, -0.1) is 0 Å². The molecule has 2 aliphatic heterocycles. The molecule has 0 unspecified atom stereocenters. The maximum absolute atomic E-state index is 9.17. The summed E-state index contributed by atoms with van der Waals surface area (Å²) in [6, 6.07) is 7.78. The van der Waals surface area contributed by atoms with Gasteiger partial charge in [0.2, 0.25) is 0 Å². The summed E-state index contributed by atoms with van der Waals surface area (Å²) in [5, 5.41) is 10.2. The zero-order valence-electron chi connectivity index (χ0n) is 7.25. The first-order valence-electron chi connectivity index (χ1n) is 4.26. The molecule has 0 saturated carbocycles. The molecule has 0 radical (unpaired) electrons. The van der Waals surface area contributed by atoms with Crippen LogP contribution in [0.3, 0.4) is 0 Å². The van der Waals surface area contributed by atoms with Gasteiger partial charge in [0.05, 0.1) is 11.7 Å². The lowest BCUT2D eigenvalue weighted by Crippen LogP contribution is -1.95. The van der Waals surface area contributed by atoms with Crippen molar-refractivity contribution in [3.8, 4) is 11.4 Å². The predicted molar refractivity (Wildman–Crippen MR) is 51.3 cm³/mol. The van der Waals surface area contributed by atoms with Crippen molar-refractivity contribution in [2.45, 2.75) is 0 Å². The molecule has 4 nitrogen and oxygen atoms in total. The van der Waals surface area contributed by atoms with E-state index in [-0.39, 0.29) is 0 Å². The third-order valence-electron chi connectivity index (χ3n) is 2.20. The lowest BCUT2D eigenvalue weighted by molar-refractivity contribution is 0.181. The Hall–Kier alpha value is -2.10. The fourth-order valence-corrected chi connectivity index (χ4v) is 1.59. The minimum Gasteiger partial charge on any atom is -0.427 e. The van der Waals surface area contributed by atoms with Crippen molar-refractivity contribution in [1.29, 1.82) is 0 Å². The minimum atomic E-state index is 0.705. The maximum Gasteiger partial charge on any atom is 0.132 e. The summed E-state index contributed by atoms with van der Waals surface area (Å²) in [5.41, 5.74) is 2.43. The van der Waals surface area contributed by atoms with Crippen molar-refractivity contribution >= 4 is 10.9 Å². The molecule has 0 aliphatic carbocycles. The Morgan fingerprint density at radius 1 is 1.21 bits per heavy atom. The number of aromatic nitrogens is 3. The summed E-state index contributed by atoms with van der Waals surface area (Å²) < 4.78 is 0.911. The molecule has 3 rings (SSSR count). The van der Waals surface area contributed by atoms with Crippen LogP contribution in [0.1, 0.15) is 0 Å². The van der Waals surface area contributed by atoms with Gasteiger partial charge in [0.25, 0.3) is 0 Å². The van der Waals surface area contributed by atoms with Crippen LogP contribution in [0.25, 0.3) is 22.3 Å². The molecule has 0 atom stereocenters. The molecule has 0 aromatic heterocycles. The largest absolute Gasteiger partial charge is 0.427 e. The van der Waals surface area contributed by atoms with Gasteiger partial charge in [0, 0.05) is 5.39 Å². The van der Waals surface area contributed by atoms with Crippen LogP contribution in [0.2, 0.25) is 0 Å². The van der Waals surface area contributed by atoms with E-state index in [1.54, 1.807) is 6.20 Å². The molecule has 1 N–H and O–H groups in total. The molecule has 1 aromatic rings. The van der Waals surface area contributed by atoms with E-state index in [1.165, 1.54) is 6.33 Å². The number of nitrogens with zero attached hydrogens (tertiary/aromatic N) is 3. The Morgan fingerprint density at radius 3 is 3.00 bits per heavy atom. The van der Waals surface area contributed by atoms with E-state index >= 15 is 0 Å². The molecule has 68 valence electrons. The van der Waals surface area contributed by atoms with Crippen LogP contribution in [-0.2, 0) is 0 Å². The Balaban J connectivity index is 2.50. The first-order chi connectivity index (χ1) is 6.84. The van der Waals surface area contributed by atoms with Crippen molar-refractivity contribution in [3.63, 3.8) is 0 Å². The molecule has 0 fully saturated rings. The molecular formula is C10H7N3O. The number of hydrogen-bond donors (Lipinski definition) is 1. The van der Waals surface area contributed by atoms with Gasteiger partial charge >= 0.3 is 0 Å². The van der Waals surface area contributed by atoms with Crippen LogP contribution >= 0.6 is 0 Å². The highest BCUT2D eigenvalue weighted by Crippen LogP contribution is 2.27. The molecule has 14 heavy (non-hydrogen) atoms. The minimum absolute atomic E-state index is 0.705. The standard InChI is InChI=1S/C10H7N3O/c14-13-5-9-10(11-6-13)7-3-1-2-4-8(7)12-9/h1-6,14H. The summed E-state index contributed by atoms with van der Waals surface area (Å²) >= 11 is 0. The van der Waals surface area contributed by atoms with Gasteiger partial charge in [-0.1, -0.05) is 18.2 Å². The van der Waals surface area contributed by atoms with Gasteiger partial charge < -0.3 is 5.21 Å². The van der Waals surface area contributed by atoms with Crippen LogP contribution in [-0.4, -0.2) is 19.9 Å². The average Bonchev–Trinajstić information content (AvgIpc) is 2.54. The highest BCUT2D eigenvalue weighted by molar-refractivity contribution is 5.94. The first-order valence-corrected chi connectivity index (χ1v) is 4.26. The zero-order valence-corrected chi connectivity index (χ0v) is 7.25. The lowest BCUT2D eigenvalue weighted by Gasteiger charge is -1.98. The Bertz CT molecular complexity index is 573. The van der Waals surface area contributed by atoms with Crippen molar-refractivity contribution < 1.29 is 5.21 Å². The van der Waals surface area contributed by atoms with Crippen molar-refractivity contribution in [2.75, 3.05) is 0 Å². The lowest BCUT2D eigenvalue weighted by atomic mass is 10.2. The van der Waals surface area contributed by atoms with Crippen molar-refractivity contribution in [1.82, 2.24) is 14.7 Å². The van der Waals surface area contributed by atoms with E-state index < -0.39 is 0 Å². The highest BCUT2D eigenvalue weighted by Gasteiger charge is 2.12. The van der Waals surface area contributed by atoms with Gasteiger partial charge in [-0.2, -0.15) is 4.73 Å². The maximum atomic E-state index is 9.17. The number of hydrogen-bond acceptors (Lipinski definition) is 3. The van der Waals surface area contributed by atoms with Crippen LogP contribution in [0.15, 0.2) is 36.8 Å². The summed E-state index contributed by atoms with van der Waals surface area (Å²) in [4.78, 5) is 8.45. The fourth-order valence-electron chi connectivity index (χ4n) is 1.59.